The molecule has 4 heteroatoms. The maximum atomic E-state index is 5.71. The highest BCUT2D eigenvalue weighted by molar-refractivity contribution is 9.11. The second kappa shape index (κ2) is 6.24. The van der Waals surface area contributed by atoms with Crippen LogP contribution in [-0.2, 0) is 6.54 Å². The number of halogens is 2. The van der Waals surface area contributed by atoms with E-state index in [4.69, 9.17) is 4.74 Å². The normalized spacial score (nSPS) is 39.0. The van der Waals surface area contributed by atoms with E-state index in [-0.39, 0.29) is 0 Å². The third-order valence-electron chi connectivity index (χ3n) is 6.64. The Morgan fingerprint density at radius 1 is 1.04 bits per heavy atom. The molecule has 4 aliphatic rings. The Labute approximate surface area is 168 Å². The highest BCUT2D eigenvalue weighted by atomic mass is 79.9. The molecule has 0 heterocycles. The highest BCUT2D eigenvalue weighted by Crippen LogP contribution is 2.66. The number of hydrogen-bond donors (Lipinski definition) is 1. The Hall–Kier alpha value is -0.0600. The van der Waals surface area contributed by atoms with E-state index in [1.807, 2.05) is 6.92 Å². The fraction of sp³-hybridized carbons (Fsp3) is 0.714. The molecule has 1 aromatic carbocycles. The molecule has 0 radical (unpaired) electrons. The van der Waals surface area contributed by atoms with Gasteiger partial charge in [0.15, 0.2) is 0 Å². The van der Waals surface area contributed by atoms with Crippen molar-refractivity contribution in [2.24, 2.45) is 16.7 Å². The van der Waals surface area contributed by atoms with Crippen molar-refractivity contribution in [2.45, 2.75) is 71.4 Å². The summed E-state index contributed by atoms with van der Waals surface area (Å²) in [5.41, 5.74) is 2.77. The van der Waals surface area contributed by atoms with E-state index in [2.05, 4.69) is 63.2 Å². The fourth-order valence-electron chi connectivity index (χ4n) is 6.93. The van der Waals surface area contributed by atoms with Crippen LogP contribution < -0.4 is 10.1 Å². The molecule has 2 atom stereocenters. The zero-order valence-electron chi connectivity index (χ0n) is 15.6. The van der Waals surface area contributed by atoms with Crippen molar-refractivity contribution < 1.29 is 4.74 Å². The van der Waals surface area contributed by atoms with Crippen LogP contribution in [0.3, 0.4) is 0 Å². The molecular formula is C21H29Br2NO. The van der Waals surface area contributed by atoms with Gasteiger partial charge in [0, 0.05) is 12.1 Å². The topological polar surface area (TPSA) is 21.3 Å². The lowest BCUT2D eigenvalue weighted by Gasteiger charge is -2.65. The predicted octanol–water partition coefficient (Wildman–Crippen LogP) is 6.45. The molecule has 1 aromatic rings. The van der Waals surface area contributed by atoms with Gasteiger partial charge < -0.3 is 10.1 Å². The van der Waals surface area contributed by atoms with Gasteiger partial charge in [-0.3, -0.25) is 0 Å². The monoisotopic (exact) mass is 469 g/mol. The summed E-state index contributed by atoms with van der Waals surface area (Å²) in [4.78, 5) is 0. The lowest BCUT2D eigenvalue weighted by atomic mass is 9.43. The zero-order valence-corrected chi connectivity index (χ0v) is 18.7. The summed E-state index contributed by atoms with van der Waals surface area (Å²) in [6, 6.07) is 4.40. The lowest BCUT2D eigenvalue weighted by Crippen LogP contribution is -2.63. The largest absolute Gasteiger partial charge is 0.492 e. The summed E-state index contributed by atoms with van der Waals surface area (Å²) in [6.07, 6.45) is 8.41. The summed E-state index contributed by atoms with van der Waals surface area (Å²) < 4.78 is 7.78. The Bertz CT molecular complexity index is 647. The van der Waals surface area contributed by atoms with E-state index in [1.165, 1.54) is 44.1 Å². The van der Waals surface area contributed by atoms with Gasteiger partial charge in [-0.1, -0.05) is 13.8 Å². The summed E-state index contributed by atoms with van der Waals surface area (Å²) in [5.74, 6) is 1.83. The van der Waals surface area contributed by atoms with Gasteiger partial charge in [0.2, 0.25) is 0 Å². The maximum absolute atomic E-state index is 5.71. The van der Waals surface area contributed by atoms with Gasteiger partial charge in [0.05, 0.1) is 15.6 Å². The first-order valence-electron chi connectivity index (χ1n) is 9.60. The second-order valence-corrected chi connectivity index (χ2v) is 11.3. The molecule has 0 spiro atoms. The quantitative estimate of drug-likeness (QED) is 0.533. The Balaban J connectivity index is 1.52. The molecule has 1 N–H and O–H groups in total. The van der Waals surface area contributed by atoms with Crippen molar-refractivity contribution in [2.75, 3.05) is 6.61 Å². The van der Waals surface area contributed by atoms with Crippen LogP contribution in [0.25, 0.3) is 0 Å². The first-order chi connectivity index (χ1) is 11.7. The molecule has 4 bridgehead atoms. The van der Waals surface area contributed by atoms with Crippen molar-refractivity contribution in [3.63, 3.8) is 0 Å². The van der Waals surface area contributed by atoms with Crippen molar-refractivity contribution in [3.8, 4) is 5.75 Å². The van der Waals surface area contributed by atoms with Crippen molar-refractivity contribution in [1.29, 1.82) is 0 Å². The van der Waals surface area contributed by atoms with E-state index in [9.17, 15) is 0 Å². The van der Waals surface area contributed by atoms with Crippen LogP contribution in [0.5, 0.6) is 5.75 Å². The van der Waals surface area contributed by atoms with E-state index in [0.717, 1.165) is 27.2 Å². The molecule has 4 aliphatic carbocycles. The molecule has 2 nitrogen and oxygen atoms in total. The van der Waals surface area contributed by atoms with Gasteiger partial charge in [-0.05, 0) is 112 Å². The van der Waals surface area contributed by atoms with Gasteiger partial charge in [-0.15, -0.1) is 0 Å². The van der Waals surface area contributed by atoms with Crippen molar-refractivity contribution in [1.82, 2.24) is 5.32 Å². The minimum Gasteiger partial charge on any atom is -0.492 e. The average Bonchev–Trinajstić information content (AvgIpc) is 2.45. The van der Waals surface area contributed by atoms with Crippen molar-refractivity contribution >= 4 is 31.9 Å². The molecule has 25 heavy (non-hydrogen) atoms. The summed E-state index contributed by atoms with van der Waals surface area (Å²) >= 11 is 7.33. The predicted molar refractivity (Wildman–Crippen MR) is 110 cm³/mol. The molecule has 0 saturated heterocycles. The standard InChI is InChI=1S/C21H29Br2NO/c1-4-25-18-16(22)5-14(6-17(18)23)10-24-21-9-15-7-19(2,12-21)11-20(3,8-15)13-21/h5-6,15,24H,4,7-13H2,1-3H3. The second-order valence-electron chi connectivity index (χ2n) is 9.59. The molecule has 5 rings (SSSR count). The van der Waals surface area contributed by atoms with Crippen LogP contribution in [0.1, 0.15) is 64.9 Å². The van der Waals surface area contributed by atoms with Crippen LogP contribution >= 0.6 is 31.9 Å². The van der Waals surface area contributed by atoms with Crippen LogP contribution in [0.15, 0.2) is 21.1 Å². The summed E-state index contributed by atoms with van der Waals surface area (Å²) in [7, 11) is 0. The van der Waals surface area contributed by atoms with E-state index < -0.39 is 0 Å². The molecule has 4 fully saturated rings. The molecule has 0 aliphatic heterocycles. The fourth-order valence-corrected chi connectivity index (χ4v) is 8.44. The summed E-state index contributed by atoms with van der Waals surface area (Å²) in [5, 5.41) is 4.02. The number of nitrogens with one attached hydrogen (secondary N) is 1. The molecular weight excluding hydrogens is 442 g/mol. The van der Waals surface area contributed by atoms with Gasteiger partial charge in [-0.25, -0.2) is 0 Å². The van der Waals surface area contributed by atoms with Gasteiger partial charge in [-0.2, -0.15) is 0 Å². The number of hydrogen-bond acceptors (Lipinski definition) is 2. The number of ether oxygens (including phenoxy) is 1. The molecule has 4 saturated carbocycles. The maximum Gasteiger partial charge on any atom is 0.147 e. The van der Waals surface area contributed by atoms with E-state index in [1.54, 1.807) is 0 Å². The van der Waals surface area contributed by atoms with E-state index >= 15 is 0 Å². The van der Waals surface area contributed by atoms with Gasteiger partial charge >= 0.3 is 0 Å². The smallest absolute Gasteiger partial charge is 0.147 e. The van der Waals surface area contributed by atoms with Crippen LogP contribution in [-0.4, -0.2) is 12.1 Å². The molecule has 2 unspecified atom stereocenters. The van der Waals surface area contributed by atoms with Crippen LogP contribution in [0.2, 0.25) is 0 Å². The summed E-state index contributed by atoms with van der Waals surface area (Å²) in [6.45, 7) is 8.70. The van der Waals surface area contributed by atoms with E-state index in [0.29, 0.717) is 23.0 Å². The SMILES string of the molecule is CCOc1c(Br)cc(CNC23CC4CC(C)(CC(C)(C4)C2)C3)cc1Br. The molecule has 0 amide bonds. The third-order valence-corrected chi connectivity index (χ3v) is 7.82. The van der Waals surface area contributed by atoms with Crippen molar-refractivity contribution in [3.05, 3.63) is 26.6 Å². The molecule has 138 valence electrons. The number of benzene rings is 1. The average molecular weight is 471 g/mol. The zero-order chi connectivity index (χ0) is 17.9. The first-order valence-corrected chi connectivity index (χ1v) is 11.2. The molecule has 0 aromatic heterocycles. The van der Waals surface area contributed by atoms with Gasteiger partial charge in [0.1, 0.15) is 5.75 Å². The number of rotatable bonds is 5. The third kappa shape index (κ3) is 3.43. The highest BCUT2D eigenvalue weighted by Gasteiger charge is 2.59. The van der Waals surface area contributed by atoms with Crippen LogP contribution in [0, 0.1) is 16.7 Å². The lowest BCUT2D eigenvalue weighted by molar-refractivity contribution is -0.118. The van der Waals surface area contributed by atoms with Gasteiger partial charge in [0.25, 0.3) is 0 Å². The Morgan fingerprint density at radius 3 is 2.16 bits per heavy atom. The minimum atomic E-state index is 0.348. The van der Waals surface area contributed by atoms with Crippen LogP contribution in [0.4, 0.5) is 0 Å². The Morgan fingerprint density at radius 2 is 1.64 bits per heavy atom. The minimum absolute atomic E-state index is 0.348. The first kappa shape index (κ1) is 18.3. The Kier molecular flexibility index (Phi) is 4.57.